The van der Waals surface area contributed by atoms with E-state index in [-0.39, 0.29) is 23.8 Å². The van der Waals surface area contributed by atoms with E-state index in [1.165, 1.54) is 66.2 Å². The van der Waals surface area contributed by atoms with Crippen LogP contribution in [0.25, 0.3) is 0 Å². The molecule has 0 bridgehead atoms. The molecule has 8 nitrogen and oxygen atoms in total. The quantitative estimate of drug-likeness (QED) is 0.292. The molecule has 1 aliphatic carbocycles. The number of anilines is 1. The highest BCUT2D eigenvalue weighted by Crippen LogP contribution is 2.33. The second-order valence-corrected chi connectivity index (χ2v) is 9.55. The zero-order chi connectivity index (χ0) is 24.8. The summed E-state index contributed by atoms with van der Waals surface area (Å²) in [4.78, 5) is 42.5. The van der Waals surface area contributed by atoms with Gasteiger partial charge in [0.15, 0.2) is 5.17 Å². The molecule has 0 aromatic heterocycles. The van der Waals surface area contributed by atoms with Gasteiger partial charge in [0.2, 0.25) is 11.8 Å². The Morgan fingerprint density at radius 3 is 2.74 bits per heavy atom. The van der Waals surface area contributed by atoms with Crippen molar-refractivity contribution in [2.24, 2.45) is 4.99 Å². The van der Waals surface area contributed by atoms with Crippen molar-refractivity contribution in [2.45, 2.75) is 43.8 Å². The largest absolute Gasteiger partial charge is 0.326 e. The van der Waals surface area contributed by atoms with Crippen LogP contribution in [0.2, 0.25) is 0 Å². The van der Waals surface area contributed by atoms with Crippen molar-refractivity contribution in [1.82, 2.24) is 4.90 Å². The zero-order valence-electron chi connectivity index (χ0n) is 19.0. The molecule has 10 heteroatoms. The van der Waals surface area contributed by atoms with E-state index in [2.05, 4.69) is 16.4 Å². The number of aliphatic imine (C=N–C) groups is 1. The minimum atomic E-state index is -0.673. The maximum Gasteiger partial charge on any atom is 0.271 e. The summed E-state index contributed by atoms with van der Waals surface area (Å²) in [5.74, 6) is -1.00. The molecular weight excluding hydrogens is 471 g/mol. The van der Waals surface area contributed by atoms with Gasteiger partial charge in [-0.05, 0) is 62.4 Å². The van der Waals surface area contributed by atoms with Gasteiger partial charge in [0.1, 0.15) is 11.1 Å². The average molecular weight is 497 g/mol. The number of non-ortho nitro benzene ring substituents is 1. The van der Waals surface area contributed by atoms with Crippen LogP contribution in [0.3, 0.4) is 0 Å². The van der Waals surface area contributed by atoms with Crippen molar-refractivity contribution in [1.29, 1.82) is 0 Å². The van der Waals surface area contributed by atoms with Crippen LogP contribution in [0.15, 0.2) is 65.2 Å². The van der Waals surface area contributed by atoms with Crippen molar-refractivity contribution in [3.8, 4) is 0 Å². The van der Waals surface area contributed by atoms with Crippen molar-refractivity contribution in [2.75, 3.05) is 11.9 Å². The first kappa shape index (κ1) is 24.6. The van der Waals surface area contributed by atoms with Crippen LogP contribution in [-0.2, 0) is 9.59 Å². The predicted octanol–water partition coefficient (Wildman–Crippen LogP) is 5.58. The SMILES string of the molecule is O=C(CC1SC(=Nc2ccc(F)cc2)N(CCC2=CCCCC2)C1=O)Nc1cccc([N+](=O)[O-])c1. The molecule has 2 amide bonds. The van der Waals surface area contributed by atoms with Gasteiger partial charge in [-0.1, -0.05) is 29.5 Å². The molecule has 4 rings (SSSR count). The Kier molecular flexibility index (Phi) is 7.91. The summed E-state index contributed by atoms with van der Waals surface area (Å²) in [6.45, 7) is 0.459. The standard InChI is InChI=1S/C25H25FN4O4S/c26-18-9-11-19(12-10-18)28-25-29(14-13-17-5-2-1-3-6-17)24(32)22(35-25)16-23(31)27-20-7-4-8-21(15-20)30(33)34/h4-5,7-12,15,22H,1-3,6,13-14,16H2,(H,27,31). The summed E-state index contributed by atoms with van der Waals surface area (Å²) >= 11 is 1.20. The van der Waals surface area contributed by atoms with E-state index in [0.29, 0.717) is 23.1 Å². The Morgan fingerprint density at radius 1 is 1.23 bits per heavy atom. The third kappa shape index (κ3) is 6.54. The summed E-state index contributed by atoms with van der Waals surface area (Å²) in [5.41, 5.74) is 2.00. The summed E-state index contributed by atoms with van der Waals surface area (Å²) in [5, 5.41) is 13.4. The Morgan fingerprint density at radius 2 is 2.03 bits per heavy atom. The van der Waals surface area contributed by atoms with E-state index >= 15 is 0 Å². The van der Waals surface area contributed by atoms with Gasteiger partial charge in [-0.15, -0.1) is 0 Å². The Balaban J connectivity index is 1.48. The molecule has 0 radical (unpaired) electrons. The first-order valence-electron chi connectivity index (χ1n) is 11.4. The fourth-order valence-corrected chi connectivity index (χ4v) is 5.21. The molecule has 1 heterocycles. The number of allylic oxidation sites excluding steroid dienone is 1. The van der Waals surface area contributed by atoms with Gasteiger partial charge in [-0.3, -0.25) is 24.6 Å². The number of nitro benzene ring substituents is 1. The molecule has 2 aliphatic rings. The normalized spacial score (nSPS) is 19.1. The number of nitro groups is 1. The van der Waals surface area contributed by atoms with Crippen LogP contribution in [0, 0.1) is 15.9 Å². The minimum absolute atomic E-state index is 0.103. The van der Waals surface area contributed by atoms with Gasteiger partial charge in [0.05, 0.1) is 10.6 Å². The number of carbonyl (C=O) groups is 2. The molecule has 182 valence electrons. The number of benzene rings is 2. The fourth-order valence-electron chi connectivity index (χ4n) is 4.02. The molecule has 0 spiro atoms. The summed E-state index contributed by atoms with van der Waals surface area (Å²) in [6.07, 6.45) is 7.27. The third-order valence-corrected chi connectivity index (χ3v) is 7.00. The maximum atomic E-state index is 13.3. The lowest BCUT2D eigenvalue weighted by molar-refractivity contribution is -0.384. The fraction of sp³-hybridized carbons (Fsp3) is 0.320. The van der Waals surface area contributed by atoms with Crippen LogP contribution in [-0.4, -0.2) is 38.6 Å². The molecular formula is C25H25FN4O4S. The molecule has 1 unspecified atom stereocenters. The summed E-state index contributed by atoms with van der Waals surface area (Å²) in [7, 11) is 0. The lowest BCUT2D eigenvalue weighted by atomic mass is 9.97. The summed E-state index contributed by atoms with van der Waals surface area (Å²) < 4.78 is 13.3. The molecule has 1 saturated heterocycles. The number of hydrogen-bond acceptors (Lipinski definition) is 6. The number of rotatable bonds is 8. The van der Waals surface area contributed by atoms with Gasteiger partial charge >= 0.3 is 0 Å². The molecule has 2 aromatic rings. The number of hydrogen-bond donors (Lipinski definition) is 1. The second-order valence-electron chi connectivity index (χ2n) is 8.39. The molecule has 1 atom stereocenters. The van der Waals surface area contributed by atoms with E-state index in [0.717, 1.165) is 25.7 Å². The Hall–Kier alpha value is -3.53. The lowest BCUT2D eigenvalue weighted by Gasteiger charge is -2.19. The second kappa shape index (κ2) is 11.3. The smallest absolute Gasteiger partial charge is 0.271 e. The number of carbonyl (C=O) groups excluding carboxylic acids is 2. The highest BCUT2D eigenvalue weighted by molar-refractivity contribution is 8.15. The number of amides is 2. The van der Waals surface area contributed by atoms with E-state index in [4.69, 9.17) is 0 Å². The lowest BCUT2D eigenvalue weighted by Crippen LogP contribution is -2.34. The van der Waals surface area contributed by atoms with Crippen molar-refractivity contribution >= 4 is 45.8 Å². The molecule has 35 heavy (non-hydrogen) atoms. The van der Waals surface area contributed by atoms with E-state index in [1.54, 1.807) is 11.0 Å². The topological polar surface area (TPSA) is 105 Å². The zero-order valence-corrected chi connectivity index (χ0v) is 19.8. The molecule has 2 aromatic carbocycles. The molecule has 0 saturated carbocycles. The van der Waals surface area contributed by atoms with Crippen molar-refractivity contribution in [3.63, 3.8) is 0 Å². The van der Waals surface area contributed by atoms with E-state index in [9.17, 15) is 24.1 Å². The summed E-state index contributed by atoms with van der Waals surface area (Å²) in [6, 6.07) is 11.3. The van der Waals surface area contributed by atoms with Crippen LogP contribution in [0.1, 0.15) is 38.5 Å². The van der Waals surface area contributed by atoms with Gasteiger partial charge in [0.25, 0.3) is 5.69 Å². The maximum absolute atomic E-state index is 13.3. The van der Waals surface area contributed by atoms with E-state index in [1.807, 2.05) is 0 Å². The number of amidine groups is 1. The van der Waals surface area contributed by atoms with Crippen molar-refractivity contribution in [3.05, 3.63) is 76.1 Å². The van der Waals surface area contributed by atoms with Gasteiger partial charge in [0, 0.05) is 30.8 Å². The predicted molar refractivity (Wildman–Crippen MR) is 134 cm³/mol. The highest BCUT2D eigenvalue weighted by atomic mass is 32.2. The average Bonchev–Trinajstić information content (AvgIpc) is 3.13. The first-order valence-corrected chi connectivity index (χ1v) is 12.3. The number of thioether (sulfide) groups is 1. The first-order chi connectivity index (χ1) is 16.9. The number of nitrogens with one attached hydrogen (secondary N) is 1. The van der Waals surface area contributed by atoms with E-state index < -0.39 is 16.1 Å². The highest BCUT2D eigenvalue weighted by Gasteiger charge is 2.39. The van der Waals surface area contributed by atoms with Gasteiger partial charge < -0.3 is 5.32 Å². The van der Waals surface area contributed by atoms with Crippen LogP contribution >= 0.6 is 11.8 Å². The third-order valence-electron chi connectivity index (χ3n) is 5.82. The van der Waals surface area contributed by atoms with Gasteiger partial charge in [-0.2, -0.15) is 0 Å². The van der Waals surface area contributed by atoms with Crippen LogP contribution < -0.4 is 5.32 Å². The Labute approximate surface area is 206 Å². The Bertz CT molecular complexity index is 1180. The molecule has 1 N–H and O–H groups in total. The number of halogens is 1. The van der Waals surface area contributed by atoms with Crippen LogP contribution in [0.4, 0.5) is 21.5 Å². The molecule has 1 fully saturated rings. The molecule has 1 aliphatic heterocycles. The minimum Gasteiger partial charge on any atom is -0.326 e. The van der Waals surface area contributed by atoms with Crippen LogP contribution in [0.5, 0.6) is 0 Å². The number of nitrogens with zero attached hydrogens (tertiary/aromatic N) is 3. The van der Waals surface area contributed by atoms with Crippen molar-refractivity contribution < 1.29 is 18.9 Å². The van der Waals surface area contributed by atoms with Gasteiger partial charge in [-0.25, -0.2) is 9.38 Å². The monoisotopic (exact) mass is 496 g/mol.